The molecule has 1 unspecified atom stereocenters. The van der Waals surface area contributed by atoms with E-state index in [2.05, 4.69) is 5.32 Å². The van der Waals surface area contributed by atoms with Gasteiger partial charge in [0.15, 0.2) is 0 Å². The van der Waals surface area contributed by atoms with Gasteiger partial charge in [0.05, 0.1) is 18.5 Å². The van der Waals surface area contributed by atoms with Crippen molar-refractivity contribution in [1.82, 2.24) is 5.32 Å². The Hall–Kier alpha value is -1.96. The van der Waals surface area contributed by atoms with E-state index in [0.717, 1.165) is 11.1 Å². The van der Waals surface area contributed by atoms with E-state index in [9.17, 15) is 14.6 Å². The van der Waals surface area contributed by atoms with Crippen LogP contribution in [0, 0.1) is 0 Å². The summed E-state index contributed by atoms with van der Waals surface area (Å²) in [6.07, 6.45) is 0.753. The molecule has 3 atom stereocenters. The summed E-state index contributed by atoms with van der Waals surface area (Å²) >= 11 is 1.55. The second kappa shape index (κ2) is 8.62. The summed E-state index contributed by atoms with van der Waals surface area (Å²) < 4.78 is 5.62. The third-order valence-corrected chi connectivity index (χ3v) is 5.34. The summed E-state index contributed by atoms with van der Waals surface area (Å²) in [5.41, 5.74) is 1.97. The van der Waals surface area contributed by atoms with Crippen LogP contribution in [0.5, 0.6) is 0 Å². The molecular weight excluding hydrogens is 349 g/mol. The predicted molar refractivity (Wildman–Crippen MR) is 102 cm³/mol. The fourth-order valence-corrected chi connectivity index (χ4v) is 4.12. The lowest BCUT2D eigenvalue weighted by Crippen LogP contribution is -2.57. The van der Waals surface area contributed by atoms with E-state index in [-0.39, 0.29) is 36.6 Å². The standard InChI is InChI=1S/C19H22BNO4S/c1-13(22)9-16-11-17(15-5-3-2-4-6-15)19(20(24)25-16)21-18(23)10-14-7-8-26-12-14/h2-8,12,16-17,19,24H,9-11H2,1H3,(H,21,23)/t16-,17?,19+/m1/s1. The number of nitrogens with one attached hydrogen (secondary N) is 1. The number of rotatable bonds is 6. The van der Waals surface area contributed by atoms with Crippen molar-refractivity contribution < 1.29 is 19.3 Å². The van der Waals surface area contributed by atoms with Crippen molar-refractivity contribution in [2.75, 3.05) is 0 Å². The van der Waals surface area contributed by atoms with Crippen LogP contribution < -0.4 is 5.32 Å². The number of hydrogen-bond acceptors (Lipinski definition) is 5. The molecule has 0 radical (unpaired) electrons. The molecule has 0 spiro atoms. The fraction of sp³-hybridized carbons (Fsp3) is 0.368. The molecule has 1 amide bonds. The van der Waals surface area contributed by atoms with Crippen LogP contribution in [0.15, 0.2) is 47.2 Å². The van der Waals surface area contributed by atoms with Gasteiger partial charge in [-0.15, -0.1) is 0 Å². The van der Waals surface area contributed by atoms with Gasteiger partial charge in [-0.25, -0.2) is 0 Å². The van der Waals surface area contributed by atoms with Gasteiger partial charge >= 0.3 is 7.12 Å². The Kier molecular flexibility index (Phi) is 6.24. The van der Waals surface area contributed by atoms with Gasteiger partial charge in [-0.2, -0.15) is 11.3 Å². The van der Waals surface area contributed by atoms with E-state index in [0.29, 0.717) is 6.42 Å². The lowest BCUT2D eigenvalue weighted by atomic mass is 9.64. The van der Waals surface area contributed by atoms with Gasteiger partial charge in [0.1, 0.15) is 5.78 Å². The fourth-order valence-electron chi connectivity index (χ4n) is 3.45. The number of carbonyl (C=O) groups excluding carboxylic acids is 2. The van der Waals surface area contributed by atoms with E-state index in [1.807, 2.05) is 47.2 Å². The first-order valence-corrected chi connectivity index (χ1v) is 9.65. The van der Waals surface area contributed by atoms with E-state index in [1.54, 1.807) is 11.3 Å². The van der Waals surface area contributed by atoms with E-state index < -0.39 is 13.1 Å². The summed E-state index contributed by atoms with van der Waals surface area (Å²) in [5, 5.41) is 17.3. The molecule has 26 heavy (non-hydrogen) atoms. The SMILES string of the molecule is CC(=O)C[C@@H]1CC(c2ccccc2)[C@H](NC(=O)Cc2ccsc2)B(O)O1. The van der Waals surface area contributed by atoms with Crippen LogP contribution in [-0.4, -0.2) is 35.9 Å². The number of amides is 1. The zero-order valence-electron chi connectivity index (χ0n) is 14.6. The molecule has 0 bridgehead atoms. The lowest BCUT2D eigenvalue weighted by Gasteiger charge is -2.38. The Morgan fingerprint density at radius 3 is 2.73 bits per heavy atom. The number of benzene rings is 1. The smallest absolute Gasteiger partial charge is 0.426 e. The second-order valence-corrected chi connectivity index (χ2v) is 7.49. The summed E-state index contributed by atoms with van der Waals surface area (Å²) in [5.74, 6) is -0.793. The van der Waals surface area contributed by atoms with Gasteiger partial charge < -0.3 is 15.0 Å². The molecule has 1 aromatic carbocycles. The maximum atomic E-state index is 12.4. The number of carbonyl (C=O) groups is 2. The third kappa shape index (κ3) is 4.81. The second-order valence-electron chi connectivity index (χ2n) is 6.71. The molecule has 136 valence electrons. The monoisotopic (exact) mass is 371 g/mol. The van der Waals surface area contributed by atoms with Gasteiger partial charge in [-0.1, -0.05) is 30.3 Å². The van der Waals surface area contributed by atoms with E-state index >= 15 is 0 Å². The van der Waals surface area contributed by atoms with Gasteiger partial charge in [0.2, 0.25) is 5.91 Å². The topological polar surface area (TPSA) is 75.6 Å². The van der Waals surface area contributed by atoms with Crippen LogP contribution in [0.2, 0.25) is 0 Å². The van der Waals surface area contributed by atoms with Crippen LogP contribution in [0.4, 0.5) is 0 Å². The van der Waals surface area contributed by atoms with Crippen molar-refractivity contribution in [1.29, 1.82) is 0 Å². The highest BCUT2D eigenvalue weighted by atomic mass is 32.1. The van der Waals surface area contributed by atoms with Gasteiger partial charge in [-0.05, 0) is 41.3 Å². The minimum absolute atomic E-state index is 0.0222. The molecule has 1 saturated heterocycles. The lowest BCUT2D eigenvalue weighted by molar-refractivity contribution is -0.122. The minimum atomic E-state index is -1.15. The highest BCUT2D eigenvalue weighted by Crippen LogP contribution is 2.33. The first kappa shape index (κ1) is 18.8. The van der Waals surface area contributed by atoms with Crippen molar-refractivity contribution in [2.24, 2.45) is 0 Å². The molecule has 0 saturated carbocycles. The normalized spacial score (nSPS) is 22.8. The maximum Gasteiger partial charge on any atom is 0.479 e. The average Bonchev–Trinajstić information content (AvgIpc) is 3.10. The Balaban J connectivity index is 1.76. The van der Waals surface area contributed by atoms with E-state index in [4.69, 9.17) is 4.65 Å². The van der Waals surface area contributed by atoms with Crippen LogP contribution >= 0.6 is 11.3 Å². The molecule has 1 aliphatic rings. The van der Waals surface area contributed by atoms with Crippen molar-refractivity contribution in [2.45, 2.75) is 44.1 Å². The van der Waals surface area contributed by atoms with Crippen LogP contribution in [0.1, 0.15) is 36.8 Å². The van der Waals surface area contributed by atoms with E-state index in [1.165, 1.54) is 6.92 Å². The summed E-state index contributed by atoms with van der Waals surface area (Å²) in [4.78, 5) is 23.9. The largest absolute Gasteiger partial charge is 0.479 e. The van der Waals surface area contributed by atoms with Crippen molar-refractivity contribution in [3.8, 4) is 0 Å². The van der Waals surface area contributed by atoms with Gasteiger partial charge in [0, 0.05) is 12.3 Å². The van der Waals surface area contributed by atoms with Crippen LogP contribution in [-0.2, 0) is 20.7 Å². The minimum Gasteiger partial charge on any atom is -0.426 e. The molecule has 7 heteroatoms. The van der Waals surface area contributed by atoms with Crippen LogP contribution in [0.25, 0.3) is 0 Å². The first-order valence-electron chi connectivity index (χ1n) is 8.71. The molecule has 0 aliphatic carbocycles. The summed E-state index contributed by atoms with van der Waals surface area (Å²) in [6, 6.07) is 11.7. The van der Waals surface area contributed by atoms with Crippen molar-refractivity contribution in [3.63, 3.8) is 0 Å². The molecule has 1 aromatic heterocycles. The number of Topliss-reactive ketones (excluding diaryl/α,β-unsaturated/α-hetero) is 1. The highest BCUT2D eigenvalue weighted by Gasteiger charge is 2.43. The third-order valence-electron chi connectivity index (χ3n) is 4.60. The molecule has 2 N–H and O–H groups in total. The molecule has 1 aliphatic heterocycles. The van der Waals surface area contributed by atoms with Gasteiger partial charge in [-0.3, -0.25) is 9.59 Å². The number of ketones is 1. The first-order chi connectivity index (χ1) is 12.5. The molecule has 1 fully saturated rings. The average molecular weight is 371 g/mol. The predicted octanol–water partition coefficient (Wildman–Crippen LogP) is 2.35. The molecular formula is C19H22BNO4S. The molecule has 2 heterocycles. The number of hydrogen-bond donors (Lipinski definition) is 2. The Morgan fingerprint density at radius 1 is 1.31 bits per heavy atom. The quantitative estimate of drug-likeness (QED) is 0.765. The highest BCUT2D eigenvalue weighted by molar-refractivity contribution is 7.08. The summed E-state index contributed by atoms with van der Waals surface area (Å²) in [6.45, 7) is 1.52. The Bertz CT molecular complexity index is 737. The molecule has 2 aromatic rings. The van der Waals surface area contributed by atoms with Crippen molar-refractivity contribution in [3.05, 3.63) is 58.3 Å². The zero-order valence-corrected chi connectivity index (χ0v) is 15.4. The van der Waals surface area contributed by atoms with Gasteiger partial charge in [0.25, 0.3) is 0 Å². The zero-order chi connectivity index (χ0) is 18.5. The van der Waals surface area contributed by atoms with Crippen molar-refractivity contribution >= 4 is 30.1 Å². The molecule has 3 rings (SSSR count). The Morgan fingerprint density at radius 2 is 2.08 bits per heavy atom. The van der Waals surface area contributed by atoms with Crippen LogP contribution in [0.3, 0.4) is 0 Å². The number of thiophene rings is 1. The Labute approximate surface area is 157 Å². The molecule has 5 nitrogen and oxygen atoms in total. The maximum absolute atomic E-state index is 12.4. The summed E-state index contributed by atoms with van der Waals surface area (Å²) in [7, 11) is -1.15.